The first kappa shape index (κ1) is 26.2. The monoisotopic (exact) mass is 545 g/mol. The van der Waals surface area contributed by atoms with Gasteiger partial charge in [-0.1, -0.05) is 6.92 Å². The number of hydrogen-bond donors (Lipinski definition) is 2. The maximum absolute atomic E-state index is 13.5. The maximum Gasteiger partial charge on any atom is 0.435 e. The van der Waals surface area contributed by atoms with E-state index in [1.807, 2.05) is 0 Å². The van der Waals surface area contributed by atoms with E-state index < -0.39 is 41.5 Å². The minimum atomic E-state index is -4.82. The van der Waals surface area contributed by atoms with Gasteiger partial charge in [-0.2, -0.15) is 31.4 Å². The number of hydrogen-bond acceptors (Lipinski definition) is 6. The highest BCUT2D eigenvalue weighted by molar-refractivity contribution is 7.21. The third kappa shape index (κ3) is 5.16. The summed E-state index contributed by atoms with van der Waals surface area (Å²) in [5.41, 5.74) is 2.97. The van der Waals surface area contributed by atoms with Crippen LogP contribution in [0.1, 0.15) is 33.7 Å². The summed E-state index contributed by atoms with van der Waals surface area (Å²) in [4.78, 5) is 28.3. The van der Waals surface area contributed by atoms with Gasteiger partial charge in [0.25, 0.3) is 5.91 Å². The molecule has 15 heteroatoms. The van der Waals surface area contributed by atoms with Crippen LogP contribution in [0.15, 0.2) is 34.9 Å². The first-order valence-electron chi connectivity index (χ1n) is 10.5. The molecule has 4 aromatic heterocycles. The number of thiophene rings is 1. The number of fused-ring (bicyclic) bond motifs is 1. The molecule has 1 unspecified atom stereocenters. The molecular weight excluding hydrogens is 528 g/mol. The number of furan rings is 1. The second-order valence-corrected chi connectivity index (χ2v) is 9.12. The summed E-state index contributed by atoms with van der Waals surface area (Å²) in [6.45, 7) is 2.56. The van der Waals surface area contributed by atoms with E-state index in [1.54, 1.807) is 0 Å². The van der Waals surface area contributed by atoms with E-state index in [0.717, 1.165) is 16.8 Å². The number of nitrogens with two attached hydrogens (primary N) is 1. The topological polar surface area (TPSA) is 116 Å². The van der Waals surface area contributed by atoms with Crippen LogP contribution in [-0.2, 0) is 23.7 Å². The Morgan fingerprint density at radius 1 is 1.16 bits per heavy atom. The van der Waals surface area contributed by atoms with Crippen molar-refractivity contribution in [3.63, 3.8) is 0 Å². The van der Waals surface area contributed by atoms with Crippen molar-refractivity contribution in [1.82, 2.24) is 14.8 Å². The van der Waals surface area contributed by atoms with Crippen LogP contribution in [0.3, 0.4) is 0 Å². The molecule has 0 aliphatic rings. The molecule has 0 bridgehead atoms. The molecule has 0 spiro atoms. The van der Waals surface area contributed by atoms with Gasteiger partial charge in [0.05, 0.1) is 24.4 Å². The number of aromatic nitrogens is 3. The number of carbonyl (C=O) groups excluding carboxylic acids is 2. The van der Waals surface area contributed by atoms with Crippen molar-refractivity contribution in [2.24, 2.45) is 11.7 Å². The van der Waals surface area contributed by atoms with E-state index >= 15 is 0 Å². The molecule has 4 heterocycles. The minimum absolute atomic E-state index is 0.00285. The Hall–Kier alpha value is -3.88. The van der Waals surface area contributed by atoms with Gasteiger partial charge < -0.3 is 15.5 Å². The molecule has 8 nitrogen and oxygen atoms in total. The molecule has 0 fully saturated rings. The zero-order valence-corrected chi connectivity index (χ0v) is 19.8. The van der Waals surface area contributed by atoms with Crippen LogP contribution in [0, 0.1) is 12.8 Å². The van der Waals surface area contributed by atoms with E-state index in [9.17, 15) is 35.9 Å². The van der Waals surface area contributed by atoms with Crippen molar-refractivity contribution < 1.29 is 40.3 Å². The fourth-order valence-corrected chi connectivity index (χ4v) is 4.59. The number of nitrogens with zero attached hydrogens (tertiary/aromatic N) is 3. The standard InChI is InChI=1S/C22H17F6N5O3S/c1-9(8-33-10(2)6-14(32-33)22(26,27)28)19(35)31-16-15-11(12-4-3-5-36-12)7-13(21(23,24)25)30-20(15)37-17(16)18(29)34/h3-7,9H,8H2,1-2H3,(H2,29,34)(H,31,35). The minimum Gasteiger partial charge on any atom is -0.464 e. The zero-order valence-electron chi connectivity index (χ0n) is 19.0. The Bertz CT molecular complexity index is 1490. The molecule has 0 saturated carbocycles. The predicted molar refractivity (Wildman–Crippen MR) is 121 cm³/mol. The van der Waals surface area contributed by atoms with Gasteiger partial charge in [-0.25, -0.2) is 4.98 Å². The summed E-state index contributed by atoms with van der Waals surface area (Å²) in [6, 6.07) is 4.40. The molecule has 0 radical (unpaired) electrons. The molecule has 4 aromatic rings. The fraction of sp³-hybridized carbons (Fsp3) is 0.273. The lowest BCUT2D eigenvalue weighted by atomic mass is 10.1. The Labute approximate surface area is 208 Å². The highest BCUT2D eigenvalue weighted by atomic mass is 32.1. The predicted octanol–water partition coefficient (Wildman–Crippen LogP) is 5.47. The van der Waals surface area contributed by atoms with Gasteiger partial charge in [0.1, 0.15) is 21.2 Å². The van der Waals surface area contributed by atoms with Crippen LogP contribution >= 0.6 is 11.3 Å². The Kier molecular flexibility index (Phi) is 6.52. The lowest BCUT2D eigenvalue weighted by Crippen LogP contribution is -2.26. The van der Waals surface area contributed by atoms with Gasteiger partial charge >= 0.3 is 12.4 Å². The summed E-state index contributed by atoms with van der Waals surface area (Å²) in [7, 11) is 0. The smallest absolute Gasteiger partial charge is 0.435 e. The van der Waals surface area contributed by atoms with E-state index in [0.29, 0.717) is 11.3 Å². The van der Waals surface area contributed by atoms with Crippen molar-refractivity contribution >= 4 is 39.1 Å². The van der Waals surface area contributed by atoms with Crippen molar-refractivity contribution in [3.05, 3.63) is 52.5 Å². The van der Waals surface area contributed by atoms with Crippen molar-refractivity contribution in [2.75, 3.05) is 5.32 Å². The number of anilines is 1. The van der Waals surface area contributed by atoms with Gasteiger partial charge in [0.2, 0.25) is 5.91 Å². The number of pyridine rings is 1. The lowest BCUT2D eigenvalue weighted by Gasteiger charge is -2.15. The molecule has 4 rings (SSSR count). The average molecular weight is 545 g/mol. The largest absolute Gasteiger partial charge is 0.464 e. The van der Waals surface area contributed by atoms with Gasteiger partial charge in [-0.05, 0) is 31.2 Å². The van der Waals surface area contributed by atoms with Gasteiger partial charge in [0, 0.05) is 16.6 Å². The second kappa shape index (κ2) is 9.21. The van der Waals surface area contributed by atoms with Crippen LogP contribution in [0.25, 0.3) is 21.5 Å². The number of halogens is 6. The number of carbonyl (C=O) groups is 2. The van der Waals surface area contributed by atoms with Gasteiger partial charge in [-0.3, -0.25) is 14.3 Å². The van der Waals surface area contributed by atoms with E-state index in [1.165, 1.54) is 32.2 Å². The molecule has 1 atom stereocenters. The van der Waals surface area contributed by atoms with Gasteiger partial charge in [-0.15, -0.1) is 11.3 Å². The second-order valence-electron chi connectivity index (χ2n) is 8.12. The maximum atomic E-state index is 13.5. The normalized spacial score (nSPS) is 13.2. The summed E-state index contributed by atoms with van der Waals surface area (Å²) in [5, 5.41) is 5.98. The summed E-state index contributed by atoms with van der Waals surface area (Å²) < 4.78 is 85.7. The molecule has 37 heavy (non-hydrogen) atoms. The van der Waals surface area contributed by atoms with Crippen LogP contribution in [0.5, 0.6) is 0 Å². The fourth-order valence-electron chi connectivity index (χ4n) is 3.58. The van der Waals surface area contributed by atoms with Crippen molar-refractivity contribution in [1.29, 1.82) is 0 Å². The van der Waals surface area contributed by atoms with Gasteiger partial charge in [0.15, 0.2) is 5.69 Å². The molecule has 0 saturated heterocycles. The number of alkyl halides is 6. The first-order valence-corrected chi connectivity index (χ1v) is 11.3. The molecule has 0 aliphatic heterocycles. The third-order valence-electron chi connectivity index (χ3n) is 5.38. The quantitative estimate of drug-likeness (QED) is 0.312. The molecule has 0 aromatic carbocycles. The highest BCUT2D eigenvalue weighted by Crippen LogP contribution is 2.44. The van der Waals surface area contributed by atoms with E-state index in [-0.39, 0.29) is 44.3 Å². The van der Waals surface area contributed by atoms with Crippen LogP contribution in [0.4, 0.5) is 32.0 Å². The lowest BCUT2D eigenvalue weighted by molar-refractivity contribution is -0.142. The Morgan fingerprint density at radius 3 is 2.38 bits per heavy atom. The number of rotatable bonds is 6. The SMILES string of the molecule is Cc1cc(C(F)(F)F)nn1CC(C)C(=O)Nc1c(C(N)=O)sc2nc(C(F)(F)F)cc(-c3ccco3)c12. The number of primary amides is 1. The van der Waals surface area contributed by atoms with E-state index in [4.69, 9.17) is 10.2 Å². The average Bonchev–Trinajstić information content (AvgIpc) is 3.52. The molecule has 2 amide bonds. The van der Waals surface area contributed by atoms with Crippen LogP contribution in [-0.4, -0.2) is 26.6 Å². The number of nitrogens with one attached hydrogen (secondary N) is 1. The number of aryl methyl sites for hydroxylation is 1. The molecule has 3 N–H and O–H groups in total. The molecular formula is C22H17F6N5O3S. The molecule has 196 valence electrons. The summed E-state index contributed by atoms with van der Waals surface area (Å²) in [6.07, 6.45) is -8.25. The van der Waals surface area contributed by atoms with Crippen LogP contribution < -0.4 is 11.1 Å². The highest BCUT2D eigenvalue weighted by Gasteiger charge is 2.36. The zero-order chi connectivity index (χ0) is 27.3. The van der Waals surface area contributed by atoms with E-state index in [2.05, 4.69) is 15.4 Å². The third-order valence-corrected chi connectivity index (χ3v) is 6.48. The first-order chi connectivity index (χ1) is 17.2. The summed E-state index contributed by atoms with van der Waals surface area (Å²) >= 11 is 0.555. The van der Waals surface area contributed by atoms with Crippen molar-refractivity contribution in [3.8, 4) is 11.3 Å². The Morgan fingerprint density at radius 2 is 1.84 bits per heavy atom. The Balaban J connectivity index is 1.76. The van der Waals surface area contributed by atoms with Crippen molar-refractivity contribution in [2.45, 2.75) is 32.7 Å². The summed E-state index contributed by atoms with van der Waals surface area (Å²) in [5.74, 6) is -2.72. The molecule has 0 aliphatic carbocycles. The number of amides is 2. The van der Waals surface area contributed by atoms with Crippen LogP contribution in [0.2, 0.25) is 0 Å².